The molecule has 2 saturated heterocycles. The highest BCUT2D eigenvalue weighted by Crippen LogP contribution is 2.26. The third kappa shape index (κ3) is 3.34. The Morgan fingerprint density at radius 3 is 2.67 bits per heavy atom. The molecule has 0 aliphatic carbocycles. The Morgan fingerprint density at radius 2 is 2.05 bits per heavy atom. The van der Waals surface area contributed by atoms with E-state index in [1.54, 1.807) is 0 Å². The minimum absolute atomic E-state index is 0.0520. The number of nitrogens with zero attached hydrogens (tertiary/aromatic N) is 1. The van der Waals surface area contributed by atoms with Crippen molar-refractivity contribution in [2.45, 2.75) is 51.1 Å². The molecule has 2 rings (SSSR count). The van der Waals surface area contributed by atoms with E-state index in [9.17, 15) is 14.4 Å². The molecule has 0 radical (unpaired) electrons. The number of hydrogen-bond donors (Lipinski definition) is 3. The summed E-state index contributed by atoms with van der Waals surface area (Å²) >= 11 is 0. The number of amides is 4. The molecule has 3 N–H and O–H groups in total. The molecule has 7 nitrogen and oxygen atoms in total. The Hall–Kier alpha value is -1.63. The molecule has 4 amide bonds. The third-order valence-electron chi connectivity index (χ3n) is 4.13. The molecule has 0 saturated carbocycles. The number of imide groups is 1. The second-order valence-corrected chi connectivity index (χ2v) is 5.91. The van der Waals surface area contributed by atoms with Gasteiger partial charge in [0, 0.05) is 6.04 Å². The molecule has 1 spiro atoms. The average Bonchev–Trinajstić information content (AvgIpc) is 2.64. The van der Waals surface area contributed by atoms with Gasteiger partial charge in [0.15, 0.2) is 0 Å². The smallest absolute Gasteiger partial charge is 0.325 e. The molecule has 2 fully saturated rings. The van der Waals surface area contributed by atoms with E-state index in [1.165, 1.54) is 0 Å². The van der Waals surface area contributed by atoms with Gasteiger partial charge in [-0.25, -0.2) is 4.79 Å². The number of carbonyl (C=O) groups is 3. The summed E-state index contributed by atoms with van der Waals surface area (Å²) in [7, 11) is 0. The maximum Gasteiger partial charge on any atom is 0.325 e. The first-order valence-electron chi connectivity index (χ1n) is 7.62. The van der Waals surface area contributed by atoms with Gasteiger partial charge in [-0.2, -0.15) is 0 Å². The first kappa shape index (κ1) is 15.8. The summed E-state index contributed by atoms with van der Waals surface area (Å²) in [6.07, 6.45) is 2.99. The minimum atomic E-state index is -0.808. The second-order valence-electron chi connectivity index (χ2n) is 5.91. The maximum absolute atomic E-state index is 12.5. The molecule has 118 valence electrons. The van der Waals surface area contributed by atoms with Gasteiger partial charge in [-0.15, -0.1) is 0 Å². The number of rotatable bonds is 5. The lowest BCUT2D eigenvalue weighted by molar-refractivity contribution is -0.135. The summed E-state index contributed by atoms with van der Waals surface area (Å²) in [6, 6.07) is -0.406. The van der Waals surface area contributed by atoms with Crippen molar-refractivity contribution >= 4 is 17.8 Å². The predicted molar refractivity (Wildman–Crippen MR) is 77.6 cm³/mol. The van der Waals surface area contributed by atoms with Crippen LogP contribution in [0.3, 0.4) is 0 Å². The lowest BCUT2D eigenvalue weighted by atomic mass is 9.88. The summed E-state index contributed by atoms with van der Waals surface area (Å²) in [5.41, 5.74) is -0.808. The zero-order valence-corrected chi connectivity index (χ0v) is 12.7. The Kier molecular flexibility index (Phi) is 4.82. The highest BCUT2D eigenvalue weighted by molar-refractivity contribution is 6.09. The van der Waals surface area contributed by atoms with Crippen LogP contribution in [-0.2, 0) is 9.59 Å². The van der Waals surface area contributed by atoms with Gasteiger partial charge in [0.1, 0.15) is 12.1 Å². The van der Waals surface area contributed by atoms with Crippen LogP contribution in [0.4, 0.5) is 4.79 Å². The topological polar surface area (TPSA) is 90.5 Å². The fourth-order valence-corrected chi connectivity index (χ4v) is 2.98. The quantitative estimate of drug-likeness (QED) is 0.621. The number of urea groups is 1. The van der Waals surface area contributed by atoms with Gasteiger partial charge in [-0.05, 0) is 39.3 Å². The Bertz CT molecular complexity index is 432. The molecule has 7 heteroatoms. The molecule has 0 aromatic rings. The van der Waals surface area contributed by atoms with Gasteiger partial charge in [0.05, 0.1) is 0 Å². The van der Waals surface area contributed by atoms with Crippen LogP contribution >= 0.6 is 0 Å². The monoisotopic (exact) mass is 296 g/mol. The molecule has 0 aromatic heterocycles. The van der Waals surface area contributed by atoms with Crippen molar-refractivity contribution in [3.05, 3.63) is 0 Å². The van der Waals surface area contributed by atoms with Crippen molar-refractivity contribution in [2.24, 2.45) is 0 Å². The van der Waals surface area contributed by atoms with Crippen LogP contribution in [0.25, 0.3) is 0 Å². The fourth-order valence-electron chi connectivity index (χ4n) is 2.98. The highest BCUT2D eigenvalue weighted by atomic mass is 16.2. The van der Waals surface area contributed by atoms with E-state index in [-0.39, 0.29) is 24.4 Å². The lowest BCUT2D eigenvalue weighted by Gasteiger charge is -2.31. The van der Waals surface area contributed by atoms with Crippen molar-refractivity contribution in [1.82, 2.24) is 20.9 Å². The van der Waals surface area contributed by atoms with Crippen LogP contribution in [0.15, 0.2) is 0 Å². The number of piperidine rings is 1. The number of carbonyl (C=O) groups excluding carboxylic acids is 3. The highest BCUT2D eigenvalue weighted by Gasteiger charge is 2.51. The normalized spacial score (nSPS) is 22.3. The van der Waals surface area contributed by atoms with Crippen molar-refractivity contribution in [1.29, 1.82) is 0 Å². The fraction of sp³-hybridized carbons (Fsp3) is 0.786. The van der Waals surface area contributed by atoms with E-state index in [0.29, 0.717) is 25.9 Å². The standard InChI is InChI=1S/C14H24N4O3/c1-3-4-10(2)16-11(19)9-18-12(20)14(17-13(18)21)5-7-15-8-6-14/h10,15H,3-9H2,1-2H3,(H,16,19)(H,17,21). The zero-order chi connectivity index (χ0) is 15.5. The van der Waals surface area contributed by atoms with Crippen LogP contribution in [0, 0.1) is 0 Å². The van der Waals surface area contributed by atoms with Crippen LogP contribution in [0.2, 0.25) is 0 Å². The Labute approximate surface area is 124 Å². The van der Waals surface area contributed by atoms with Crippen LogP contribution in [0.5, 0.6) is 0 Å². The second kappa shape index (κ2) is 6.43. The van der Waals surface area contributed by atoms with Crippen LogP contribution < -0.4 is 16.0 Å². The summed E-state index contributed by atoms with van der Waals surface area (Å²) in [4.78, 5) is 37.5. The maximum atomic E-state index is 12.5. The molecule has 2 heterocycles. The molecule has 2 aliphatic heterocycles. The van der Waals surface area contributed by atoms with E-state index in [0.717, 1.165) is 17.7 Å². The molecule has 2 aliphatic rings. The molecule has 1 atom stereocenters. The molecule has 0 aromatic carbocycles. The summed E-state index contributed by atoms with van der Waals surface area (Å²) < 4.78 is 0. The van der Waals surface area contributed by atoms with Crippen molar-refractivity contribution in [3.63, 3.8) is 0 Å². The van der Waals surface area contributed by atoms with E-state index >= 15 is 0 Å². The van der Waals surface area contributed by atoms with Gasteiger partial charge in [-0.3, -0.25) is 14.5 Å². The molecular formula is C14H24N4O3. The number of hydrogen-bond acceptors (Lipinski definition) is 4. The lowest BCUT2D eigenvalue weighted by Crippen LogP contribution is -2.54. The Balaban J connectivity index is 1.95. The average molecular weight is 296 g/mol. The van der Waals surface area contributed by atoms with E-state index < -0.39 is 11.6 Å². The molecule has 21 heavy (non-hydrogen) atoms. The third-order valence-corrected chi connectivity index (χ3v) is 4.13. The van der Waals surface area contributed by atoms with E-state index in [4.69, 9.17) is 0 Å². The van der Waals surface area contributed by atoms with Gasteiger partial charge >= 0.3 is 6.03 Å². The molecular weight excluding hydrogens is 272 g/mol. The van der Waals surface area contributed by atoms with Crippen molar-refractivity contribution in [3.8, 4) is 0 Å². The SMILES string of the molecule is CCCC(C)NC(=O)CN1C(=O)NC2(CCNCC2)C1=O. The molecule has 0 bridgehead atoms. The predicted octanol–water partition coefficient (Wildman–Crippen LogP) is -0.0348. The summed E-state index contributed by atoms with van der Waals surface area (Å²) in [5.74, 6) is -0.558. The van der Waals surface area contributed by atoms with E-state index in [2.05, 4.69) is 16.0 Å². The van der Waals surface area contributed by atoms with Crippen LogP contribution in [-0.4, -0.2) is 54.0 Å². The first-order valence-corrected chi connectivity index (χ1v) is 7.62. The van der Waals surface area contributed by atoms with Crippen LogP contribution in [0.1, 0.15) is 39.5 Å². The number of nitrogens with one attached hydrogen (secondary N) is 3. The van der Waals surface area contributed by atoms with Gasteiger partial charge in [-0.1, -0.05) is 13.3 Å². The summed E-state index contributed by atoms with van der Waals surface area (Å²) in [6.45, 7) is 5.15. The van der Waals surface area contributed by atoms with E-state index in [1.807, 2.05) is 13.8 Å². The van der Waals surface area contributed by atoms with Gasteiger partial charge < -0.3 is 16.0 Å². The Morgan fingerprint density at radius 1 is 1.38 bits per heavy atom. The minimum Gasteiger partial charge on any atom is -0.352 e. The van der Waals surface area contributed by atoms with Crippen molar-refractivity contribution < 1.29 is 14.4 Å². The largest absolute Gasteiger partial charge is 0.352 e. The van der Waals surface area contributed by atoms with Crippen molar-refractivity contribution in [2.75, 3.05) is 19.6 Å². The van der Waals surface area contributed by atoms with Gasteiger partial charge in [0.2, 0.25) is 5.91 Å². The first-order chi connectivity index (χ1) is 9.98. The zero-order valence-electron chi connectivity index (χ0n) is 12.7. The summed E-state index contributed by atoms with van der Waals surface area (Å²) in [5, 5.41) is 8.75. The molecule has 1 unspecified atom stereocenters. The van der Waals surface area contributed by atoms with Gasteiger partial charge in [0.25, 0.3) is 5.91 Å².